The Balaban J connectivity index is 1.28. The summed E-state index contributed by atoms with van der Waals surface area (Å²) in [4.78, 5) is 29.0. The number of ether oxygens (including phenoxy) is 1. The first kappa shape index (κ1) is 21.3. The van der Waals surface area contributed by atoms with Crippen LogP contribution in [-0.2, 0) is 4.79 Å². The summed E-state index contributed by atoms with van der Waals surface area (Å²) in [6.45, 7) is -0.0858. The van der Waals surface area contributed by atoms with Gasteiger partial charge in [-0.15, -0.1) is 11.8 Å². The molecule has 2 aromatic carbocycles. The van der Waals surface area contributed by atoms with Gasteiger partial charge in [-0.3, -0.25) is 9.59 Å². The van der Waals surface area contributed by atoms with Gasteiger partial charge in [0.15, 0.2) is 6.61 Å². The van der Waals surface area contributed by atoms with Crippen LogP contribution in [0.3, 0.4) is 0 Å². The molecule has 1 aliphatic heterocycles. The summed E-state index contributed by atoms with van der Waals surface area (Å²) in [5.74, 6) is 2.53. The molecular formula is C25H23ClN2O3S2. The predicted molar refractivity (Wildman–Crippen MR) is 133 cm³/mol. The summed E-state index contributed by atoms with van der Waals surface area (Å²) >= 11 is 9.12. The lowest BCUT2D eigenvalue weighted by molar-refractivity contribution is -0.118. The van der Waals surface area contributed by atoms with Gasteiger partial charge in [0.25, 0.3) is 5.91 Å². The lowest BCUT2D eigenvalue weighted by Crippen LogP contribution is -2.34. The number of thioether (sulfide) groups is 1. The van der Waals surface area contributed by atoms with Gasteiger partial charge in [-0.1, -0.05) is 41.1 Å². The van der Waals surface area contributed by atoms with Gasteiger partial charge in [-0.2, -0.15) is 0 Å². The molecule has 1 aromatic heterocycles. The Labute approximate surface area is 204 Å². The zero-order valence-electron chi connectivity index (χ0n) is 17.8. The summed E-state index contributed by atoms with van der Waals surface area (Å²) < 4.78 is 6.07. The first-order chi connectivity index (χ1) is 16.1. The van der Waals surface area contributed by atoms with Crippen molar-refractivity contribution in [3.63, 3.8) is 0 Å². The van der Waals surface area contributed by atoms with Gasteiger partial charge in [0, 0.05) is 32.3 Å². The van der Waals surface area contributed by atoms with Gasteiger partial charge in [0.1, 0.15) is 5.75 Å². The third-order valence-corrected chi connectivity index (χ3v) is 10.1. The highest BCUT2D eigenvalue weighted by atomic mass is 35.5. The number of hydrogen-bond donors (Lipinski definition) is 2. The Morgan fingerprint density at radius 2 is 1.91 bits per heavy atom. The summed E-state index contributed by atoms with van der Waals surface area (Å²) in [5.41, 5.74) is 1.76. The van der Waals surface area contributed by atoms with Crippen molar-refractivity contribution in [3.05, 3.63) is 73.7 Å². The number of H-pyrrole nitrogens is 1. The van der Waals surface area contributed by atoms with E-state index in [0.29, 0.717) is 33.5 Å². The minimum Gasteiger partial charge on any atom is -0.483 e. The van der Waals surface area contributed by atoms with Gasteiger partial charge in [-0.25, -0.2) is 0 Å². The fraction of sp³-hybridized carbons (Fsp3) is 0.360. The maximum absolute atomic E-state index is 12.5. The van der Waals surface area contributed by atoms with Crippen LogP contribution >= 0.6 is 34.7 Å². The number of carbonyl (C=O) groups is 1. The molecule has 2 heterocycles. The average molecular weight is 499 g/mol. The van der Waals surface area contributed by atoms with Gasteiger partial charge in [0.2, 0.25) is 0 Å². The molecule has 6 rings (SSSR count). The van der Waals surface area contributed by atoms with Gasteiger partial charge < -0.3 is 15.0 Å². The second-order valence-electron chi connectivity index (χ2n) is 9.06. The Hall–Kier alpha value is -2.22. The maximum Gasteiger partial charge on any atom is 0.305 e. The van der Waals surface area contributed by atoms with Crippen molar-refractivity contribution in [2.75, 3.05) is 11.9 Å². The first-order valence-electron chi connectivity index (χ1n) is 11.2. The number of para-hydroxylation sites is 1. The van der Waals surface area contributed by atoms with Crippen molar-refractivity contribution in [1.82, 2.24) is 4.98 Å². The topological polar surface area (TPSA) is 71.2 Å². The molecule has 5 nitrogen and oxygen atoms in total. The molecule has 3 aromatic rings. The highest BCUT2D eigenvalue weighted by Crippen LogP contribution is 2.64. The Kier molecular flexibility index (Phi) is 5.51. The van der Waals surface area contributed by atoms with Crippen LogP contribution in [0.15, 0.2) is 58.4 Å². The molecule has 2 N–H and O–H groups in total. The highest BCUT2D eigenvalue weighted by molar-refractivity contribution is 8.00. The van der Waals surface area contributed by atoms with Crippen LogP contribution in [0.2, 0.25) is 5.02 Å². The maximum atomic E-state index is 12.5. The van der Waals surface area contributed by atoms with Gasteiger partial charge in [-0.05, 0) is 67.3 Å². The van der Waals surface area contributed by atoms with Crippen LogP contribution in [0.4, 0.5) is 5.69 Å². The molecule has 0 spiro atoms. The second-order valence-corrected chi connectivity index (χ2v) is 11.7. The van der Waals surface area contributed by atoms with Crippen LogP contribution in [0.25, 0.3) is 0 Å². The Bertz CT molecular complexity index is 1260. The third kappa shape index (κ3) is 3.90. The number of hydrogen-bond acceptors (Lipinski definition) is 5. The van der Waals surface area contributed by atoms with E-state index in [1.807, 2.05) is 30.0 Å². The quantitative estimate of drug-likeness (QED) is 0.469. The number of nitrogens with one attached hydrogen (secondary N) is 2. The zero-order chi connectivity index (χ0) is 22.5. The Morgan fingerprint density at radius 3 is 2.76 bits per heavy atom. The van der Waals surface area contributed by atoms with Crippen LogP contribution in [0.5, 0.6) is 5.75 Å². The summed E-state index contributed by atoms with van der Waals surface area (Å²) in [6, 6.07) is 15.0. The molecule has 3 aliphatic rings. The molecule has 33 heavy (non-hydrogen) atoms. The highest BCUT2D eigenvalue weighted by Gasteiger charge is 2.55. The largest absolute Gasteiger partial charge is 0.483 e. The molecule has 0 unspecified atom stereocenters. The lowest BCUT2D eigenvalue weighted by atomic mass is 9.74. The number of anilines is 1. The standard InChI is InChI=1S/C25H23ClN2O3S2/c26-15-7-9-16(10-8-15)27-19(29)12-31-18-4-2-1-3-17(18)21-20-13-5-6-14(11-13)22(20)32-24-23(21)33-25(30)28-24/h1-4,7-10,13-14,20-22H,5-6,11-12H2,(H,27,29)(H,28,30)/t13-,14-,20-,21+,22-/m1/s1. The number of amides is 1. The number of aromatic amines is 1. The molecule has 2 bridgehead atoms. The van der Waals surface area contributed by atoms with E-state index in [1.54, 1.807) is 24.3 Å². The van der Waals surface area contributed by atoms with E-state index in [4.69, 9.17) is 16.3 Å². The molecule has 170 valence electrons. The monoisotopic (exact) mass is 498 g/mol. The molecule has 2 saturated carbocycles. The summed E-state index contributed by atoms with van der Waals surface area (Å²) in [7, 11) is 0. The van der Waals surface area contributed by atoms with Gasteiger partial charge in [0.05, 0.1) is 5.03 Å². The normalized spacial score (nSPS) is 27.1. The predicted octanol–water partition coefficient (Wildman–Crippen LogP) is 5.76. The van der Waals surface area contributed by atoms with Crippen molar-refractivity contribution < 1.29 is 9.53 Å². The molecule has 5 atom stereocenters. The Morgan fingerprint density at radius 1 is 1.12 bits per heavy atom. The number of benzene rings is 2. The fourth-order valence-electron chi connectivity index (χ4n) is 5.94. The fourth-order valence-corrected chi connectivity index (χ4v) is 8.95. The molecule has 8 heteroatoms. The number of thiazole rings is 1. The summed E-state index contributed by atoms with van der Waals surface area (Å²) in [6.07, 6.45) is 3.84. The molecule has 2 fully saturated rings. The molecule has 2 aliphatic carbocycles. The number of halogens is 1. The van der Waals surface area contributed by atoms with Crippen LogP contribution in [-0.4, -0.2) is 22.7 Å². The van der Waals surface area contributed by atoms with Gasteiger partial charge >= 0.3 is 4.87 Å². The number of fused-ring (bicyclic) bond motifs is 6. The van der Waals surface area contributed by atoms with E-state index < -0.39 is 0 Å². The average Bonchev–Trinajstić information content (AvgIpc) is 3.52. The van der Waals surface area contributed by atoms with Crippen molar-refractivity contribution in [1.29, 1.82) is 0 Å². The van der Waals surface area contributed by atoms with E-state index in [2.05, 4.69) is 16.4 Å². The molecule has 0 saturated heterocycles. The van der Waals surface area contributed by atoms with Crippen molar-refractivity contribution in [3.8, 4) is 5.75 Å². The van der Waals surface area contributed by atoms with E-state index in [9.17, 15) is 9.59 Å². The van der Waals surface area contributed by atoms with Crippen molar-refractivity contribution >= 4 is 46.3 Å². The minimum absolute atomic E-state index is 0.00515. The third-order valence-electron chi connectivity index (χ3n) is 7.21. The van der Waals surface area contributed by atoms with E-state index >= 15 is 0 Å². The van der Waals surface area contributed by atoms with Crippen LogP contribution in [0.1, 0.15) is 35.6 Å². The summed E-state index contributed by atoms with van der Waals surface area (Å²) in [5, 5.41) is 5.03. The smallest absolute Gasteiger partial charge is 0.305 e. The first-order valence-corrected chi connectivity index (χ1v) is 13.3. The van der Waals surface area contributed by atoms with Crippen LogP contribution in [0, 0.1) is 17.8 Å². The van der Waals surface area contributed by atoms with E-state index in [1.165, 1.54) is 30.6 Å². The number of rotatable bonds is 5. The minimum atomic E-state index is -0.226. The van der Waals surface area contributed by atoms with Crippen LogP contribution < -0.4 is 14.9 Å². The number of aromatic nitrogens is 1. The van der Waals surface area contributed by atoms with Crippen molar-refractivity contribution in [2.24, 2.45) is 17.8 Å². The molecule has 0 radical (unpaired) electrons. The lowest BCUT2D eigenvalue weighted by Gasteiger charge is -2.40. The zero-order valence-corrected chi connectivity index (χ0v) is 20.1. The molecule has 1 amide bonds. The van der Waals surface area contributed by atoms with E-state index in [-0.39, 0.29) is 23.3 Å². The molecular weight excluding hydrogens is 476 g/mol. The SMILES string of the molecule is O=C(COc1ccccc1[C@@H]1c2sc(=O)[nH]c2S[C@@H]2[C@@H]3CC[C@H](C3)[C@H]12)Nc1ccc(Cl)cc1. The number of carbonyl (C=O) groups excluding carboxylic acids is 1. The second kappa shape index (κ2) is 8.53. The van der Waals surface area contributed by atoms with E-state index in [0.717, 1.165) is 21.4 Å². The van der Waals surface area contributed by atoms with Crippen molar-refractivity contribution in [2.45, 2.75) is 35.5 Å².